The van der Waals surface area contributed by atoms with E-state index in [1.165, 1.54) is 0 Å². The largest absolute Gasteiger partial charge is 0.371 e. The van der Waals surface area contributed by atoms with Crippen molar-refractivity contribution in [2.45, 2.75) is 44.2 Å². The second-order valence-corrected chi connectivity index (χ2v) is 10.3. The molecule has 1 unspecified atom stereocenters. The Morgan fingerprint density at radius 2 is 1.77 bits per heavy atom. The van der Waals surface area contributed by atoms with Crippen LogP contribution in [0.15, 0.2) is 46.6 Å². The van der Waals surface area contributed by atoms with Crippen molar-refractivity contribution >= 4 is 41.8 Å². The average molecular weight is 534 g/mol. The molecule has 206 valence electrons. The average Bonchev–Trinajstić information content (AvgIpc) is 3.39. The highest BCUT2D eigenvalue weighted by Gasteiger charge is 2.30. The fourth-order valence-corrected chi connectivity index (χ4v) is 5.66. The molecule has 0 spiro atoms. The number of rotatable bonds is 6. The van der Waals surface area contributed by atoms with E-state index in [2.05, 4.69) is 49.1 Å². The number of carbonyl (C=O) groups is 3. The van der Waals surface area contributed by atoms with Gasteiger partial charge in [0.25, 0.3) is 0 Å². The van der Waals surface area contributed by atoms with Crippen LogP contribution in [-0.2, 0) is 20.9 Å². The molecular weight excluding hydrogens is 498 g/mol. The van der Waals surface area contributed by atoms with Crippen LogP contribution in [0, 0.1) is 0 Å². The van der Waals surface area contributed by atoms with Gasteiger partial charge in [-0.3, -0.25) is 29.3 Å². The van der Waals surface area contributed by atoms with Crippen LogP contribution in [0.1, 0.15) is 37.2 Å². The molecule has 0 radical (unpaired) electrons. The molecule has 12 heteroatoms. The second kappa shape index (κ2) is 11.8. The van der Waals surface area contributed by atoms with Gasteiger partial charge in [0.15, 0.2) is 0 Å². The number of benzene rings is 1. The lowest BCUT2D eigenvalue weighted by atomic mass is 9.90. The molecule has 0 aliphatic carbocycles. The first-order valence-electron chi connectivity index (χ1n) is 13.4. The van der Waals surface area contributed by atoms with Crippen molar-refractivity contribution in [1.29, 1.82) is 0 Å². The van der Waals surface area contributed by atoms with Gasteiger partial charge in [-0.2, -0.15) is 5.10 Å². The predicted octanol–water partition coefficient (Wildman–Crippen LogP) is 0.863. The number of hydrogen-bond acceptors (Lipinski definition) is 7. The molecule has 1 aromatic carbocycles. The lowest BCUT2D eigenvalue weighted by Crippen LogP contribution is -2.54. The van der Waals surface area contributed by atoms with Gasteiger partial charge in [0.2, 0.25) is 23.7 Å². The number of aliphatic imine (C=N–C) groups is 2. The SMILES string of the molecule is C=NC(N)=Nc1cnn(CC(=O)N2CCN(C3CCN(c4ccc(C5CCC(=O)NC5=O)cc4)CC3)CC2)c1. The maximum Gasteiger partial charge on any atom is 0.244 e. The summed E-state index contributed by atoms with van der Waals surface area (Å²) in [7, 11) is 0. The van der Waals surface area contributed by atoms with Crippen LogP contribution in [0.2, 0.25) is 0 Å². The van der Waals surface area contributed by atoms with Crippen molar-refractivity contribution in [2.24, 2.45) is 15.7 Å². The molecule has 0 saturated carbocycles. The van der Waals surface area contributed by atoms with Crippen LogP contribution in [0.5, 0.6) is 0 Å². The Kier molecular flexibility index (Phi) is 8.01. The number of hydrogen-bond donors (Lipinski definition) is 2. The molecule has 2 aromatic rings. The number of imide groups is 1. The lowest BCUT2D eigenvalue weighted by Gasteiger charge is -2.43. The van der Waals surface area contributed by atoms with Gasteiger partial charge in [-0.25, -0.2) is 9.98 Å². The molecule has 1 aromatic heterocycles. The van der Waals surface area contributed by atoms with E-state index in [-0.39, 0.29) is 36.1 Å². The highest BCUT2D eigenvalue weighted by molar-refractivity contribution is 6.00. The standard InChI is InChI=1S/C27H35N9O3/c1-29-27(28)31-20-16-30-36(17-20)18-25(38)35-14-12-34(13-15-35)22-8-10-33(11-9-22)21-4-2-19(3-5-21)23-6-7-24(37)32-26(23)39/h2-5,16-17,22-23H,1,6-15,18H2,(H2,28,31)(H,32,37,39). The minimum Gasteiger partial charge on any atom is -0.371 e. The number of aromatic nitrogens is 2. The number of amides is 3. The van der Waals surface area contributed by atoms with E-state index in [0.717, 1.165) is 50.3 Å². The van der Waals surface area contributed by atoms with Crippen LogP contribution in [0.4, 0.5) is 11.4 Å². The van der Waals surface area contributed by atoms with Crippen molar-refractivity contribution < 1.29 is 14.4 Å². The van der Waals surface area contributed by atoms with Gasteiger partial charge in [-0.15, -0.1) is 0 Å². The summed E-state index contributed by atoms with van der Waals surface area (Å²) in [6.45, 7) is 8.59. The topological polar surface area (TPSA) is 142 Å². The monoisotopic (exact) mass is 533 g/mol. The second-order valence-electron chi connectivity index (χ2n) is 10.3. The number of nitrogens with zero attached hydrogens (tertiary/aromatic N) is 7. The molecular formula is C27H35N9O3. The van der Waals surface area contributed by atoms with Gasteiger partial charge in [0.1, 0.15) is 12.2 Å². The zero-order chi connectivity index (χ0) is 27.4. The Morgan fingerprint density at radius 3 is 2.44 bits per heavy atom. The number of anilines is 1. The smallest absolute Gasteiger partial charge is 0.244 e. The van der Waals surface area contributed by atoms with Crippen molar-refractivity contribution in [3.8, 4) is 0 Å². The molecule has 0 bridgehead atoms. The van der Waals surface area contributed by atoms with Crippen molar-refractivity contribution in [3.05, 3.63) is 42.2 Å². The van der Waals surface area contributed by atoms with Gasteiger partial charge in [-0.05, 0) is 43.7 Å². The summed E-state index contributed by atoms with van der Waals surface area (Å²) < 4.78 is 1.57. The molecule has 3 saturated heterocycles. The third-order valence-electron chi connectivity index (χ3n) is 7.87. The van der Waals surface area contributed by atoms with E-state index >= 15 is 0 Å². The van der Waals surface area contributed by atoms with Crippen molar-refractivity contribution in [2.75, 3.05) is 44.2 Å². The quantitative estimate of drug-likeness (QED) is 0.319. The Hall–Kier alpha value is -4.06. The lowest BCUT2D eigenvalue weighted by molar-refractivity contribution is -0.135. The Balaban J connectivity index is 1.06. The third-order valence-corrected chi connectivity index (χ3v) is 7.87. The van der Waals surface area contributed by atoms with Crippen molar-refractivity contribution in [1.82, 2.24) is 24.9 Å². The molecule has 3 aliphatic heterocycles. The molecule has 3 amide bonds. The van der Waals surface area contributed by atoms with Gasteiger partial charge in [-0.1, -0.05) is 12.1 Å². The summed E-state index contributed by atoms with van der Waals surface area (Å²) in [4.78, 5) is 50.8. The maximum absolute atomic E-state index is 12.8. The zero-order valence-electron chi connectivity index (χ0n) is 22.0. The summed E-state index contributed by atoms with van der Waals surface area (Å²) in [6, 6.07) is 8.72. The number of nitrogens with two attached hydrogens (primary N) is 1. The number of piperazine rings is 1. The molecule has 4 heterocycles. The minimum absolute atomic E-state index is 0.0404. The van der Waals surface area contributed by atoms with E-state index in [0.29, 0.717) is 37.7 Å². The highest BCUT2D eigenvalue weighted by atomic mass is 16.2. The van der Waals surface area contributed by atoms with E-state index < -0.39 is 0 Å². The first-order chi connectivity index (χ1) is 18.9. The summed E-state index contributed by atoms with van der Waals surface area (Å²) in [5, 5.41) is 6.63. The van der Waals surface area contributed by atoms with Crippen LogP contribution < -0.4 is 16.0 Å². The minimum atomic E-state index is -0.251. The van der Waals surface area contributed by atoms with E-state index in [9.17, 15) is 14.4 Å². The number of nitrogens with one attached hydrogen (secondary N) is 1. The molecule has 3 fully saturated rings. The Labute approximate surface area is 227 Å². The van der Waals surface area contributed by atoms with E-state index in [1.54, 1.807) is 17.1 Å². The first kappa shape index (κ1) is 26.5. The fourth-order valence-electron chi connectivity index (χ4n) is 5.66. The van der Waals surface area contributed by atoms with E-state index in [1.807, 2.05) is 17.0 Å². The molecule has 12 nitrogen and oxygen atoms in total. The number of piperidine rings is 2. The molecule has 1 atom stereocenters. The summed E-state index contributed by atoms with van der Waals surface area (Å²) >= 11 is 0. The summed E-state index contributed by atoms with van der Waals surface area (Å²) in [6.07, 6.45) is 6.31. The maximum atomic E-state index is 12.8. The van der Waals surface area contributed by atoms with Crippen molar-refractivity contribution in [3.63, 3.8) is 0 Å². The van der Waals surface area contributed by atoms with E-state index in [4.69, 9.17) is 5.73 Å². The molecule has 3 N–H and O–H groups in total. The zero-order valence-corrected chi connectivity index (χ0v) is 22.0. The number of guanidine groups is 1. The predicted molar refractivity (Wildman–Crippen MR) is 148 cm³/mol. The molecule has 39 heavy (non-hydrogen) atoms. The summed E-state index contributed by atoms with van der Waals surface area (Å²) in [5.74, 6) is -0.538. The molecule has 5 rings (SSSR count). The highest BCUT2D eigenvalue weighted by Crippen LogP contribution is 2.28. The Bertz CT molecular complexity index is 1240. The first-order valence-corrected chi connectivity index (χ1v) is 13.4. The number of carbonyl (C=O) groups excluding carboxylic acids is 3. The van der Waals surface area contributed by atoms with Crippen LogP contribution in [0.3, 0.4) is 0 Å². The van der Waals surface area contributed by atoms with Gasteiger partial charge < -0.3 is 15.5 Å². The van der Waals surface area contributed by atoms with Gasteiger partial charge in [0.05, 0.1) is 18.3 Å². The van der Waals surface area contributed by atoms with Crippen LogP contribution >= 0.6 is 0 Å². The normalized spacial score (nSPS) is 21.6. The van der Waals surface area contributed by atoms with Gasteiger partial charge >= 0.3 is 0 Å². The van der Waals surface area contributed by atoms with Crippen LogP contribution in [-0.4, -0.2) is 95.3 Å². The third kappa shape index (κ3) is 6.33. The van der Waals surface area contributed by atoms with Crippen LogP contribution in [0.25, 0.3) is 0 Å². The van der Waals surface area contributed by atoms with Gasteiger partial charge in [0, 0.05) is 57.4 Å². The summed E-state index contributed by atoms with van der Waals surface area (Å²) in [5.41, 5.74) is 8.22. The molecule has 3 aliphatic rings. The fraction of sp³-hybridized carbons (Fsp3) is 0.481. The Morgan fingerprint density at radius 1 is 1.05 bits per heavy atom.